The molecular formula is C17H24N2O3S. The number of hydrogen-bond acceptors (Lipinski definition) is 4. The van der Waals surface area contributed by atoms with E-state index < -0.39 is 0 Å². The first-order chi connectivity index (χ1) is 11.0. The van der Waals surface area contributed by atoms with Gasteiger partial charge in [-0.15, -0.1) is 11.8 Å². The van der Waals surface area contributed by atoms with Crippen LogP contribution in [0.4, 0.5) is 0 Å². The van der Waals surface area contributed by atoms with Crippen molar-refractivity contribution in [3.05, 3.63) is 29.8 Å². The maximum absolute atomic E-state index is 12.5. The molecule has 1 aliphatic heterocycles. The van der Waals surface area contributed by atoms with Crippen LogP contribution in [0.2, 0.25) is 0 Å². The Labute approximate surface area is 141 Å². The largest absolute Gasteiger partial charge is 0.497 e. The quantitative estimate of drug-likeness (QED) is 0.863. The van der Waals surface area contributed by atoms with Gasteiger partial charge in [0.15, 0.2) is 0 Å². The van der Waals surface area contributed by atoms with Crippen LogP contribution in [0.1, 0.15) is 25.3 Å². The minimum atomic E-state index is -0.306. The number of amides is 2. The van der Waals surface area contributed by atoms with E-state index in [0.29, 0.717) is 13.1 Å². The first-order valence-corrected chi connectivity index (χ1v) is 8.88. The molecule has 1 heterocycles. The molecule has 1 aromatic carbocycles. The highest BCUT2D eigenvalue weighted by Crippen LogP contribution is 2.24. The third-order valence-electron chi connectivity index (χ3n) is 4.12. The molecule has 23 heavy (non-hydrogen) atoms. The molecule has 126 valence electrons. The molecule has 5 nitrogen and oxygen atoms in total. The van der Waals surface area contributed by atoms with Gasteiger partial charge in [-0.25, -0.2) is 0 Å². The molecule has 2 rings (SSSR count). The molecule has 0 spiro atoms. The molecule has 2 N–H and O–H groups in total. The number of carbonyl (C=O) groups is 2. The molecule has 1 aliphatic rings. The van der Waals surface area contributed by atoms with Gasteiger partial charge >= 0.3 is 0 Å². The molecule has 2 atom stereocenters. The van der Waals surface area contributed by atoms with Crippen LogP contribution in [-0.2, 0) is 15.3 Å². The molecule has 6 heteroatoms. The summed E-state index contributed by atoms with van der Waals surface area (Å²) in [6.45, 7) is 3.09. The Morgan fingerprint density at radius 1 is 1.48 bits per heavy atom. The van der Waals surface area contributed by atoms with Crippen molar-refractivity contribution < 1.29 is 14.3 Å². The van der Waals surface area contributed by atoms with Crippen LogP contribution in [0, 0.1) is 5.92 Å². The maximum atomic E-state index is 12.5. The second kappa shape index (κ2) is 8.24. The third-order valence-corrected chi connectivity index (χ3v) is 5.32. The SMILES string of the molecule is COc1cccc(CS[C@@H](C)C(=O)N2CCC[C@@H](C(N)=O)C2)c1. The van der Waals surface area contributed by atoms with E-state index in [4.69, 9.17) is 10.5 Å². The summed E-state index contributed by atoms with van der Waals surface area (Å²) in [5, 5.41) is -0.146. The van der Waals surface area contributed by atoms with Crippen molar-refractivity contribution >= 4 is 23.6 Å². The summed E-state index contributed by atoms with van der Waals surface area (Å²) >= 11 is 1.60. The molecule has 0 unspecified atom stereocenters. The Bertz CT molecular complexity index is 565. The summed E-state index contributed by atoms with van der Waals surface area (Å²) in [5.74, 6) is 1.14. The van der Waals surface area contributed by atoms with Gasteiger partial charge in [-0.2, -0.15) is 0 Å². The second-order valence-electron chi connectivity index (χ2n) is 5.83. The molecule has 0 aliphatic carbocycles. The maximum Gasteiger partial charge on any atom is 0.235 e. The molecule has 0 saturated carbocycles. The van der Waals surface area contributed by atoms with E-state index in [9.17, 15) is 9.59 Å². The summed E-state index contributed by atoms with van der Waals surface area (Å²) in [4.78, 5) is 25.6. The number of carbonyl (C=O) groups excluding carboxylic acids is 2. The van der Waals surface area contributed by atoms with Gasteiger partial charge in [0.2, 0.25) is 11.8 Å². The van der Waals surface area contributed by atoms with Crippen LogP contribution in [0.25, 0.3) is 0 Å². The zero-order chi connectivity index (χ0) is 16.8. The Hall–Kier alpha value is -1.69. The molecule has 0 radical (unpaired) electrons. The number of rotatable bonds is 6. The Morgan fingerprint density at radius 2 is 2.26 bits per heavy atom. The average molecular weight is 336 g/mol. The fourth-order valence-electron chi connectivity index (χ4n) is 2.72. The summed E-state index contributed by atoms with van der Waals surface area (Å²) in [6, 6.07) is 7.86. The molecular weight excluding hydrogens is 312 g/mol. The monoisotopic (exact) mass is 336 g/mol. The smallest absolute Gasteiger partial charge is 0.235 e. The van der Waals surface area contributed by atoms with Gasteiger partial charge in [0.05, 0.1) is 18.3 Å². The van der Waals surface area contributed by atoms with Crippen LogP contribution in [-0.4, -0.2) is 42.2 Å². The summed E-state index contributed by atoms with van der Waals surface area (Å²) in [5.41, 5.74) is 6.50. The van der Waals surface area contributed by atoms with Crippen molar-refractivity contribution in [2.75, 3.05) is 20.2 Å². The number of benzene rings is 1. The third kappa shape index (κ3) is 4.89. The van der Waals surface area contributed by atoms with Gasteiger partial charge in [-0.3, -0.25) is 9.59 Å². The van der Waals surface area contributed by atoms with Crippen molar-refractivity contribution in [2.24, 2.45) is 11.7 Å². The van der Waals surface area contributed by atoms with Crippen LogP contribution in [0.5, 0.6) is 5.75 Å². The van der Waals surface area contributed by atoms with Crippen LogP contribution < -0.4 is 10.5 Å². The van der Waals surface area contributed by atoms with E-state index in [-0.39, 0.29) is 23.0 Å². The number of hydrogen-bond donors (Lipinski definition) is 1. The van der Waals surface area contributed by atoms with Crippen molar-refractivity contribution in [3.63, 3.8) is 0 Å². The lowest BCUT2D eigenvalue weighted by Crippen LogP contribution is -2.46. The molecule has 2 amide bonds. The van der Waals surface area contributed by atoms with Crippen molar-refractivity contribution in [3.8, 4) is 5.75 Å². The normalized spacial score (nSPS) is 19.2. The highest BCUT2D eigenvalue weighted by molar-refractivity contribution is 7.99. The standard InChI is InChI=1S/C17H24N2O3S/c1-12(23-11-13-5-3-7-15(9-13)22-2)17(21)19-8-4-6-14(10-19)16(18)20/h3,5,7,9,12,14H,4,6,8,10-11H2,1-2H3,(H2,18,20)/t12-,14+/m0/s1. The molecule has 0 aromatic heterocycles. The zero-order valence-electron chi connectivity index (χ0n) is 13.7. The minimum absolute atomic E-state index is 0.0869. The summed E-state index contributed by atoms with van der Waals surface area (Å²) in [6.07, 6.45) is 1.62. The highest BCUT2D eigenvalue weighted by atomic mass is 32.2. The first-order valence-electron chi connectivity index (χ1n) is 7.84. The number of piperidine rings is 1. The van der Waals surface area contributed by atoms with Gasteiger partial charge in [-0.05, 0) is 37.5 Å². The number of nitrogens with two attached hydrogens (primary N) is 1. The highest BCUT2D eigenvalue weighted by Gasteiger charge is 2.29. The number of ether oxygens (including phenoxy) is 1. The van der Waals surface area contributed by atoms with E-state index in [1.165, 1.54) is 0 Å². The van der Waals surface area contributed by atoms with Gasteiger partial charge in [-0.1, -0.05) is 12.1 Å². The fraction of sp³-hybridized carbons (Fsp3) is 0.529. The van der Waals surface area contributed by atoms with Crippen molar-refractivity contribution in [1.82, 2.24) is 4.90 Å². The van der Waals surface area contributed by atoms with Gasteiger partial charge in [0.25, 0.3) is 0 Å². The average Bonchev–Trinajstić information content (AvgIpc) is 2.59. The van der Waals surface area contributed by atoms with E-state index in [1.807, 2.05) is 31.2 Å². The number of nitrogens with zero attached hydrogens (tertiary/aromatic N) is 1. The zero-order valence-corrected chi connectivity index (χ0v) is 14.5. The molecule has 1 saturated heterocycles. The number of primary amides is 1. The van der Waals surface area contributed by atoms with Gasteiger partial charge in [0.1, 0.15) is 5.75 Å². The Kier molecular flexibility index (Phi) is 6.33. The van der Waals surface area contributed by atoms with Gasteiger partial charge < -0.3 is 15.4 Å². The molecule has 0 bridgehead atoms. The van der Waals surface area contributed by atoms with Crippen LogP contribution in [0.3, 0.4) is 0 Å². The Morgan fingerprint density at radius 3 is 2.96 bits per heavy atom. The van der Waals surface area contributed by atoms with E-state index in [1.54, 1.807) is 23.8 Å². The number of likely N-dealkylation sites (tertiary alicyclic amines) is 1. The molecule has 1 aromatic rings. The first kappa shape index (κ1) is 17.7. The predicted molar refractivity (Wildman–Crippen MR) is 92.2 cm³/mol. The number of thioether (sulfide) groups is 1. The number of methoxy groups -OCH3 is 1. The van der Waals surface area contributed by atoms with Crippen molar-refractivity contribution in [2.45, 2.75) is 30.8 Å². The summed E-state index contributed by atoms with van der Waals surface area (Å²) < 4.78 is 5.21. The van der Waals surface area contributed by atoms with Crippen molar-refractivity contribution in [1.29, 1.82) is 0 Å². The predicted octanol–water partition coefficient (Wildman–Crippen LogP) is 2.04. The molecule has 1 fully saturated rings. The lowest BCUT2D eigenvalue weighted by Gasteiger charge is -2.32. The second-order valence-corrected chi connectivity index (χ2v) is 7.16. The van der Waals surface area contributed by atoms with E-state index >= 15 is 0 Å². The van der Waals surface area contributed by atoms with Gasteiger partial charge in [0, 0.05) is 18.8 Å². The van der Waals surface area contributed by atoms with Crippen LogP contribution in [0.15, 0.2) is 24.3 Å². The minimum Gasteiger partial charge on any atom is -0.497 e. The Balaban J connectivity index is 1.88. The summed E-state index contributed by atoms with van der Waals surface area (Å²) in [7, 11) is 1.64. The topological polar surface area (TPSA) is 72.6 Å². The van der Waals surface area contributed by atoms with Crippen LogP contribution >= 0.6 is 11.8 Å². The fourth-order valence-corrected chi connectivity index (χ4v) is 3.64. The lowest BCUT2D eigenvalue weighted by molar-refractivity contribution is -0.134. The van der Waals surface area contributed by atoms with E-state index in [2.05, 4.69) is 0 Å². The van der Waals surface area contributed by atoms with E-state index in [0.717, 1.165) is 29.9 Å². The lowest BCUT2D eigenvalue weighted by atomic mass is 9.97.